The Bertz CT molecular complexity index is 1360. The number of benzene rings is 3. The van der Waals surface area contributed by atoms with Crippen LogP contribution < -0.4 is 0 Å². The SMILES string of the molecule is CCC(=C(c1ccc(C=CC(=O)O)cc1)c1ccc(-c2cncs2)cc1)c1ccc(F)cc1Cl. The van der Waals surface area contributed by atoms with Gasteiger partial charge in [0.25, 0.3) is 0 Å². The lowest BCUT2D eigenvalue weighted by atomic mass is 9.87. The van der Waals surface area contributed by atoms with Gasteiger partial charge in [0.2, 0.25) is 0 Å². The summed E-state index contributed by atoms with van der Waals surface area (Å²) in [6, 6.07) is 20.4. The molecule has 0 aliphatic carbocycles. The molecule has 0 unspecified atom stereocenters. The van der Waals surface area contributed by atoms with Crippen molar-refractivity contribution in [2.75, 3.05) is 0 Å². The van der Waals surface area contributed by atoms with Crippen LogP contribution in [-0.2, 0) is 4.79 Å². The zero-order chi connectivity index (χ0) is 24.1. The normalized spacial score (nSPS) is 12.1. The molecule has 0 aliphatic rings. The van der Waals surface area contributed by atoms with E-state index in [1.807, 2.05) is 37.4 Å². The van der Waals surface area contributed by atoms with E-state index in [4.69, 9.17) is 16.7 Å². The van der Waals surface area contributed by atoms with Gasteiger partial charge in [0.05, 0.1) is 15.4 Å². The van der Waals surface area contributed by atoms with Crippen LogP contribution in [-0.4, -0.2) is 16.1 Å². The van der Waals surface area contributed by atoms with Crippen LogP contribution in [0.2, 0.25) is 5.02 Å². The molecule has 0 radical (unpaired) electrons. The summed E-state index contributed by atoms with van der Waals surface area (Å²) in [5.41, 5.74) is 8.38. The Kier molecular flexibility index (Phi) is 7.36. The molecule has 170 valence electrons. The van der Waals surface area contributed by atoms with Crippen molar-refractivity contribution < 1.29 is 14.3 Å². The monoisotopic (exact) mass is 489 g/mol. The fraction of sp³-hybridized carbons (Fsp3) is 0.0714. The lowest BCUT2D eigenvalue weighted by Crippen LogP contribution is -1.96. The summed E-state index contributed by atoms with van der Waals surface area (Å²) >= 11 is 8.05. The molecule has 4 aromatic rings. The molecular formula is C28H21ClFNO2S. The lowest BCUT2D eigenvalue weighted by molar-refractivity contribution is -0.131. The Labute approximate surface area is 206 Å². The van der Waals surface area contributed by atoms with E-state index in [1.54, 1.807) is 29.0 Å². The van der Waals surface area contributed by atoms with Crippen molar-refractivity contribution in [3.8, 4) is 10.4 Å². The van der Waals surface area contributed by atoms with Crippen molar-refractivity contribution in [2.24, 2.45) is 0 Å². The van der Waals surface area contributed by atoms with Crippen molar-refractivity contribution in [1.29, 1.82) is 0 Å². The van der Waals surface area contributed by atoms with Gasteiger partial charge in [-0.2, -0.15) is 0 Å². The number of allylic oxidation sites excluding steroid dienone is 1. The average Bonchev–Trinajstić information content (AvgIpc) is 3.37. The maximum Gasteiger partial charge on any atom is 0.328 e. The maximum atomic E-state index is 13.8. The van der Waals surface area contributed by atoms with Crippen LogP contribution in [0.25, 0.3) is 27.7 Å². The number of thiazole rings is 1. The Morgan fingerprint density at radius 2 is 1.74 bits per heavy atom. The second-order valence-corrected chi connectivity index (χ2v) is 8.86. The fourth-order valence-corrected chi connectivity index (χ4v) is 4.75. The van der Waals surface area contributed by atoms with Gasteiger partial charge in [0.15, 0.2) is 0 Å². The summed E-state index contributed by atoms with van der Waals surface area (Å²) in [4.78, 5) is 16.1. The third-order valence-electron chi connectivity index (χ3n) is 5.42. The maximum absolute atomic E-state index is 13.8. The van der Waals surface area contributed by atoms with Gasteiger partial charge in [0.1, 0.15) is 5.82 Å². The van der Waals surface area contributed by atoms with E-state index in [-0.39, 0.29) is 5.82 Å². The highest BCUT2D eigenvalue weighted by Gasteiger charge is 2.16. The van der Waals surface area contributed by atoms with E-state index in [0.717, 1.165) is 49.9 Å². The summed E-state index contributed by atoms with van der Waals surface area (Å²) in [5, 5.41) is 9.25. The zero-order valence-corrected chi connectivity index (χ0v) is 19.9. The van der Waals surface area contributed by atoms with Gasteiger partial charge in [-0.25, -0.2) is 9.18 Å². The third kappa shape index (κ3) is 5.33. The number of carboxylic acid groups (broad SMARTS) is 1. The number of carbonyl (C=O) groups is 1. The molecule has 0 atom stereocenters. The van der Waals surface area contributed by atoms with Crippen LogP contribution in [0.4, 0.5) is 4.39 Å². The summed E-state index contributed by atoms with van der Waals surface area (Å²) in [6.45, 7) is 2.05. The molecule has 6 heteroatoms. The first-order valence-corrected chi connectivity index (χ1v) is 11.9. The molecule has 0 saturated heterocycles. The molecule has 3 aromatic carbocycles. The molecule has 0 aliphatic heterocycles. The number of aromatic nitrogens is 1. The second-order valence-electron chi connectivity index (χ2n) is 7.57. The molecule has 0 bridgehead atoms. The Morgan fingerprint density at radius 3 is 2.29 bits per heavy atom. The van der Waals surface area contributed by atoms with Gasteiger partial charge in [-0.05, 0) is 63.6 Å². The van der Waals surface area contributed by atoms with Crippen LogP contribution >= 0.6 is 22.9 Å². The predicted molar refractivity (Wildman–Crippen MR) is 138 cm³/mol. The quantitative estimate of drug-likeness (QED) is 0.211. The van der Waals surface area contributed by atoms with Crippen LogP contribution in [0, 0.1) is 5.82 Å². The first-order chi connectivity index (χ1) is 16.5. The summed E-state index contributed by atoms with van der Waals surface area (Å²) in [6.07, 6.45) is 5.18. The Hall–Kier alpha value is -3.54. The van der Waals surface area contributed by atoms with Crippen molar-refractivity contribution in [2.45, 2.75) is 13.3 Å². The molecule has 4 rings (SSSR count). The number of carboxylic acids is 1. The van der Waals surface area contributed by atoms with Gasteiger partial charge in [-0.15, -0.1) is 11.3 Å². The molecule has 3 nitrogen and oxygen atoms in total. The van der Waals surface area contributed by atoms with Gasteiger partial charge in [0, 0.05) is 12.3 Å². The highest BCUT2D eigenvalue weighted by atomic mass is 35.5. The fourth-order valence-electron chi connectivity index (χ4n) is 3.84. The number of halogens is 2. The third-order valence-corrected chi connectivity index (χ3v) is 6.55. The topological polar surface area (TPSA) is 50.2 Å². The standard InChI is InChI=1S/C28H21ClFNO2S/c1-2-23(24-13-12-22(30)15-25(24)29)28(20-6-3-18(4-7-20)5-14-27(32)33)21-10-8-19(9-11-21)26-16-31-17-34-26/h3-17H,2H2,1H3,(H,32,33). The van der Waals surface area contributed by atoms with Crippen molar-refractivity contribution in [1.82, 2.24) is 4.98 Å². The minimum absolute atomic E-state index is 0.358. The van der Waals surface area contributed by atoms with E-state index < -0.39 is 5.97 Å². The summed E-state index contributed by atoms with van der Waals surface area (Å²) in [5.74, 6) is -1.38. The van der Waals surface area contributed by atoms with Crippen LogP contribution in [0.15, 0.2) is 84.5 Å². The minimum Gasteiger partial charge on any atom is -0.478 e. The van der Waals surface area contributed by atoms with Crippen molar-refractivity contribution in [3.63, 3.8) is 0 Å². The minimum atomic E-state index is -0.995. The van der Waals surface area contributed by atoms with Gasteiger partial charge in [-0.3, -0.25) is 4.98 Å². The van der Waals surface area contributed by atoms with E-state index in [0.29, 0.717) is 11.4 Å². The summed E-state index contributed by atoms with van der Waals surface area (Å²) < 4.78 is 13.8. The van der Waals surface area contributed by atoms with Gasteiger partial charge in [-0.1, -0.05) is 73.1 Å². The van der Waals surface area contributed by atoms with Crippen LogP contribution in [0.1, 0.15) is 35.6 Å². The number of hydrogen-bond donors (Lipinski definition) is 1. The van der Waals surface area contributed by atoms with Gasteiger partial charge < -0.3 is 5.11 Å². The van der Waals surface area contributed by atoms with Crippen molar-refractivity contribution in [3.05, 3.63) is 118 Å². The van der Waals surface area contributed by atoms with Crippen molar-refractivity contribution >= 4 is 46.1 Å². The van der Waals surface area contributed by atoms with Gasteiger partial charge >= 0.3 is 5.97 Å². The lowest BCUT2D eigenvalue weighted by Gasteiger charge is -2.18. The van der Waals surface area contributed by atoms with E-state index in [1.165, 1.54) is 12.1 Å². The highest BCUT2D eigenvalue weighted by Crippen LogP contribution is 2.38. The van der Waals surface area contributed by atoms with E-state index >= 15 is 0 Å². The number of aliphatic carboxylic acids is 1. The average molecular weight is 490 g/mol. The first-order valence-electron chi connectivity index (χ1n) is 10.7. The highest BCUT2D eigenvalue weighted by molar-refractivity contribution is 7.13. The smallest absolute Gasteiger partial charge is 0.328 e. The molecule has 0 amide bonds. The molecule has 34 heavy (non-hydrogen) atoms. The molecule has 1 N–H and O–H groups in total. The summed E-state index contributed by atoms with van der Waals surface area (Å²) in [7, 11) is 0. The first kappa shape index (κ1) is 23.6. The second kappa shape index (κ2) is 10.6. The Balaban J connectivity index is 1.87. The largest absolute Gasteiger partial charge is 0.478 e. The van der Waals surface area contributed by atoms with Crippen LogP contribution in [0.5, 0.6) is 0 Å². The molecule has 1 aromatic heterocycles. The van der Waals surface area contributed by atoms with Crippen LogP contribution in [0.3, 0.4) is 0 Å². The number of rotatable bonds is 7. The van der Waals surface area contributed by atoms with E-state index in [9.17, 15) is 9.18 Å². The molecule has 0 saturated carbocycles. The zero-order valence-electron chi connectivity index (χ0n) is 18.3. The van der Waals surface area contributed by atoms with E-state index in [2.05, 4.69) is 29.2 Å². The molecule has 0 spiro atoms. The molecule has 1 heterocycles. The predicted octanol–water partition coefficient (Wildman–Crippen LogP) is 8.07. The number of hydrogen-bond acceptors (Lipinski definition) is 3. The Morgan fingerprint density at radius 1 is 1.06 bits per heavy atom. The molecular weight excluding hydrogens is 469 g/mol. The number of nitrogens with zero attached hydrogens (tertiary/aromatic N) is 1. The molecule has 0 fully saturated rings.